The quantitative estimate of drug-likeness (QED) is 0.726. The predicted octanol–water partition coefficient (Wildman–Crippen LogP) is 2.62. The van der Waals surface area contributed by atoms with Gasteiger partial charge in [-0.1, -0.05) is 12.1 Å². The Balaban J connectivity index is 1.49. The van der Waals surface area contributed by atoms with Crippen LogP contribution in [0, 0.1) is 0 Å². The van der Waals surface area contributed by atoms with E-state index in [9.17, 15) is 4.79 Å². The molecule has 0 aliphatic rings. The molecular weight excluding hydrogens is 316 g/mol. The van der Waals surface area contributed by atoms with E-state index in [1.54, 1.807) is 13.3 Å². The topological polar surface area (TPSA) is 68.2 Å². The Labute approximate surface area is 146 Å². The Morgan fingerprint density at radius 3 is 2.96 bits per heavy atom. The second-order valence-corrected chi connectivity index (χ2v) is 5.85. The fourth-order valence-corrected chi connectivity index (χ4v) is 2.83. The van der Waals surface area contributed by atoms with Gasteiger partial charge < -0.3 is 19.9 Å². The molecule has 25 heavy (non-hydrogen) atoms. The van der Waals surface area contributed by atoms with Gasteiger partial charge >= 0.3 is 6.03 Å². The summed E-state index contributed by atoms with van der Waals surface area (Å²) in [5, 5.41) is 6.88. The van der Waals surface area contributed by atoms with Crippen LogP contribution in [0.15, 0.2) is 48.8 Å². The number of aryl methyl sites for hydroxylation is 1. The number of amides is 2. The summed E-state index contributed by atoms with van der Waals surface area (Å²) < 4.78 is 7.18. The number of aromatic nitrogens is 2. The van der Waals surface area contributed by atoms with Gasteiger partial charge in [-0.2, -0.15) is 0 Å². The minimum absolute atomic E-state index is 0.179. The molecule has 2 aromatic heterocycles. The average Bonchev–Trinajstić information content (AvgIpc) is 2.96. The minimum atomic E-state index is -0.179. The molecule has 0 saturated heterocycles. The summed E-state index contributed by atoms with van der Waals surface area (Å²) >= 11 is 0. The van der Waals surface area contributed by atoms with Crippen molar-refractivity contribution >= 4 is 17.1 Å². The van der Waals surface area contributed by atoms with Gasteiger partial charge in [0.25, 0.3) is 0 Å². The standard InChI is InChI=1S/C19H22N4O2/c1-23-13-15(17-7-4-9-20-18(17)23)8-10-21-19(24)22-12-14-5-3-6-16(11-14)25-2/h3-7,9,11,13H,8,10,12H2,1-2H3,(H2,21,22,24). The average molecular weight is 338 g/mol. The Bertz CT molecular complexity index is 873. The highest BCUT2D eigenvalue weighted by Gasteiger charge is 2.07. The maximum atomic E-state index is 12.0. The number of hydrogen-bond acceptors (Lipinski definition) is 3. The molecule has 1 aromatic carbocycles. The molecule has 3 aromatic rings. The van der Waals surface area contributed by atoms with Gasteiger partial charge in [0.1, 0.15) is 11.4 Å². The SMILES string of the molecule is COc1cccc(CNC(=O)NCCc2cn(C)c3ncccc23)c1. The van der Waals surface area contributed by atoms with Crippen LogP contribution in [0.25, 0.3) is 11.0 Å². The number of rotatable bonds is 6. The van der Waals surface area contributed by atoms with Crippen LogP contribution in [-0.4, -0.2) is 29.2 Å². The summed E-state index contributed by atoms with van der Waals surface area (Å²) in [5.74, 6) is 0.782. The Morgan fingerprint density at radius 2 is 2.12 bits per heavy atom. The van der Waals surface area contributed by atoms with Gasteiger partial charge in [-0.15, -0.1) is 0 Å². The number of hydrogen-bond donors (Lipinski definition) is 2. The molecule has 2 heterocycles. The largest absolute Gasteiger partial charge is 0.497 e. The molecule has 2 N–H and O–H groups in total. The number of pyridine rings is 1. The number of urea groups is 1. The van der Waals surface area contributed by atoms with Gasteiger partial charge in [0.05, 0.1) is 7.11 Å². The lowest BCUT2D eigenvalue weighted by Crippen LogP contribution is -2.36. The highest BCUT2D eigenvalue weighted by molar-refractivity contribution is 5.80. The van der Waals surface area contributed by atoms with Crippen molar-refractivity contribution in [1.29, 1.82) is 0 Å². The number of methoxy groups -OCH3 is 1. The number of nitrogens with zero attached hydrogens (tertiary/aromatic N) is 2. The maximum Gasteiger partial charge on any atom is 0.315 e. The molecule has 130 valence electrons. The summed E-state index contributed by atoms with van der Waals surface area (Å²) in [6, 6.07) is 11.4. The number of carbonyl (C=O) groups is 1. The van der Waals surface area contributed by atoms with Crippen LogP contribution in [0.3, 0.4) is 0 Å². The first-order chi connectivity index (χ1) is 12.2. The second kappa shape index (κ2) is 7.70. The van der Waals surface area contributed by atoms with E-state index in [4.69, 9.17) is 4.74 Å². The van der Waals surface area contributed by atoms with Crippen LogP contribution in [-0.2, 0) is 20.0 Å². The van der Waals surface area contributed by atoms with Gasteiger partial charge in [-0.3, -0.25) is 0 Å². The van der Waals surface area contributed by atoms with E-state index in [-0.39, 0.29) is 6.03 Å². The first-order valence-corrected chi connectivity index (χ1v) is 8.21. The molecule has 6 heteroatoms. The third-order valence-corrected chi connectivity index (χ3v) is 4.08. The molecule has 0 fully saturated rings. The van der Waals surface area contributed by atoms with Crippen LogP contribution in [0.2, 0.25) is 0 Å². The molecule has 0 unspecified atom stereocenters. The highest BCUT2D eigenvalue weighted by Crippen LogP contribution is 2.18. The van der Waals surface area contributed by atoms with Crippen molar-refractivity contribution in [2.75, 3.05) is 13.7 Å². The predicted molar refractivity (Wildman–Crippen MR) is 97.7 cm³/mol. The number of fused-ring (bicyclic) bond motifs is 1. The summed E-state index contributed by atoms with van der Waals surface area (Å²) in [6.45, 7) is 1.03. The van der Waals surface area contributed by atoms with Crippen molar-refractivity contribution in [2.24, 2.45) is 7.05 Å². The Morgan fingerprint density at radius 1 is 1.24 bits per heavy atom. The molecule has 3 rings (SSSR count). The third-order valence-electron chi connectivity index (χ3n) is 4.08. The van der Waals surface area contributed by atoms with E-state index >= 15 is 0 Å². The van der Waals surface area contributed by atoms with Gasteiger partial charge in [0.15, 0.2) is 0 Å². The Kier molecular flexibility index (Phi) is 5.18. The summed E-state index contributed by atoms with van der Waals surface area (Å²) in [5.41, 5.74) is 3.13. The number of nitrogens with one attached hydrogen (secondary N) is 2. The van der Waals surface area contributed by atoms with Gasteiger partial charge in [-0.25, -0.2) is 9.78 Å². The third kappa shape index (κ3) is 4.09. The van der Waals surface area contributed by atoms with Crippen LogP contribution in [0.5, 0.6) is 5.75 Å². The van der Waals surface area contributed by atoms with E-state index in [2.05, 4.69) is 27.9 Å². The molecule has 0 aliphatic carbocycles. The minimum Gasteiger partial charge on any atom is -0.497 e. The lowest BCUT2D eigenvalue weighted by Gasteiger charge is -2.08. The number of benzene rings is 1. The van der Waals surface area contributed by atoms with E-state index in [0.29, 0.717) is 13.1 Å². The van der Waals surface area contributed by atoms with Gasteiger partial charge in [0.2, 0.25) is 0 Å². The van der Waals surface area contributed by atoms with Crippen LogP contribution < -0.4 is 15.4 Å². The molecular formula is C19H22N4O2. The van der Waals surface area contributed by atoms with E-state index < -0.39 is 0 Å². The maximum absolute atomic E-state index is 12.0. The molecule has 2 amide bonds. The van der Waals surface area contributed by atoms with Crippen molar-refractivity contribution in [3.8, 4) is 5.75 Å². The van der Waals surface area contributed by atoms with Crippen molar-refractivity contribution in [3.63, 3.8) is 0 Å². The number of ether oxygens (including phenoxy) is 1. The van der Waals surface area contributed by atoms with Crippen LogP contribution >= 0.6 is 0 Å². The first-order valence-electron chi connectivity index (χ1n) is 8.21. The van der Waals surface area contributed by atoms with Crippen molar-refractivity contribution in [3.05, 3.63) is 59.9 Å². The van der Waals surface area contributed by atoms with Crippen molar-refractivity contribution < 1.29 is 9.53 Å². The highest BCUT2D eigenvalue weighted by atomic mass is 16.5. The van der Waals surface area contributed by atoms with E-state index in [1.807, 2.05) is 41.9 Å². The molecule has 0 aliphatic heterocycles. The molecule has 0 spiro atoms. The molecule has 0 bridgehead atoms. The van der Waals surface area contributed by atoms with Crippen LogP contribution in [0.1, 0.15) is 11.1 Å². The van der Waals surface area contributed by atoms with Gasteiger partial charge in [-0.05, 0) is 41.8 Å². The molecule has 6 nitrogen and oxygen atoms in total. The summed E-state index contributed by atoms with van der Waals surface area (Å²) in [6.07, 6.45) is 4.61. The number of carbonyl (C=O) groups excluding carboxylic acids is 1. The fraction of sp³-hybridized carbons (Fsp3) is 0.263. The smallest absolute Gasteiger partial charge is 0.315 e. The Hall–Kier alpha value is -3.02. The van der Waals surface area contributed by atoms with E-state index in [0.717, 1.165) is 28.8 Å². The van der Waals surface area contributed by atoms with Gasteiger partial charge in [0, 0.05) is 37.9 Å². The second-order valence-electron chi connectivity index (χ2n) is 5.85. The molecule has 0 radical (unpaired) electrons. The summed E-state index contributed by atoms with van der Waals surface area (Å²) in [7, 11) is 3.61. The molecule has 0 atom stereocenters. The normalized spacial score (nSPS) is 10.6. The van der Waals surface area contributed by atoms with Crippen LogP contribution in [0.4, 0.5) is 4.79 Å². The lowest BCUT2D eigenvalue weighted by atomic mass is 10.1. The first kappa shape index (κ1) is 16.8. The van der Waals surface area contributed by atoms with E-state index in [1.165, 1.54) is 5.56 Å². The zero-order valence-corrected chi connectivity index (χ0v) is 14.5. The zero-order chi connectivity index (χ0) is 17.6. The van der Waals surface area contributed by atoms with Crippen molar-refractivity contribution in [2.45, 2.75) is 13.0 Å². The molecule has 0 saturated carbocycles. The van der Waals surface area contributed by atoms with Crippen molar-refractivity contribution in [1.82, 2.24) is 20.2 Å². The zero-order valence-electron chi connectivity index (χ0n) is 14.5. The monoisotopic (exact) mass is 338 g/mol. The fourth-order valence-electron chi connectivity index (χ4n) is 2.83. The lowest BCUT2D eigenvalue weighted by molar-refractivity contribution is 0.240. The summed E-state index contributed by atoms with van der Waals surface area (Å²) in [4.78, 5) is 16.3.